The van der Waals surface area contributed by atoms with E-state index < -0.39 is 0 Å². The van der Waals surface area contributed by atoms with Gasteiger partial charge in [-0.2, -0.15) is 0 Å². The van der Waals surface area contributed by atoms with Crippen LogP contribution in [0.25, 0.3) is 0 Å². The number of amides is 2. The van der Waals surface area contributed by atoms with Crippen LogP contribution in [-0.4, -0.2) is 47.4 Å². The molecule has 1 aromatic heterocycles. The SMILES string of the molecule is CC(=O)N1CCCCCCCN(C(C)C)Cc2cc(C(=O)NCCc3nccs3)ccc21. The van der Waals surface area contributed by atoms with E-state index in [2.05, 4.69) is 29.0 Å². The highest BCUT2D eigenvalue weighted by molar-refractivity contribution is 7.09. The van der Waals surface area contributed by atoms with Crippen molar-refractivity contribution < 1.29 is 9.59 Å². The quantitative estimate of drug-likeness (QED) is 0.712. The van der Waals surface area contributed by atoms with E-state index in [4.69, 9.17) is 0 Å². The van der Waals surface area contributed by atoms with Crippen molar-refractivity contribution in [3.63, 3.8) is 0 Å². The molecule has 3 rings (SSSR count). The Bertz CT molecular complexity index is 882. The molecule has 2 amide bonds. The summed E-state index contributed by atoms with van der Waals surface area (Å²) in [5, 5.41) is 5.98. The summed E-state index contributed by atoms with van der Waals surface area (Å²) in [5.41, 5.74) is 2.62. The lowest BCUT2D eigenvalue weighted by atomic mass is 10.0. The number of hydrogen-bond acceptors (Lipinski definition) is 5. The summed E-state index contributed by atoms with van der Waals surface area (Å²) in [6.45, 7) is 9.10. The van der Waals surface area contributed by atoms with E-state index in [1.165, 1.54) is 19.3 Å². The maximum atomic E-state index is 12.8. The second-order valence-corrected chi connectivity index (χ2v) is 9.76. The third kappa shape index (κ3) is 6.87. The minimum Gasteiger partial charge on any atom is -0.352 e. The highest BCUT2D eigenvalue weighted by Crippen LogP contribution is 2.26. The van der Waals surface area contributed by atoms with Crippen molar-refractivity contribution in [1.82, 2.24) is 15.2 Å². The summed E-state index contributed by atoms with van der Waals surface area (Å²) in [6.07, 6.45) is 8.27. The van der Waals surface area contributed by atoms with Gasteiger partial charge in [0.15, 0.2) is 0 Å². The molecule has 0 fully saturated rings. The summed E-state index contributed by atoms with van der Waals surface area (Å²) in [5.74, 6) is -0.0269. The number of aromatic nitrogens is 1. The van der Waals surface area contributed by atoms with Crippen LogP contribution in [0.2, 0.25) is 0 Å². The molecular formula is C25H36N4O2S. The Kier molecular flexibility index (Phi) is 9.23. The zero-order chi connectivity index (χ0) is 22.9. The third-order valence-corrected chi connectivity index (χ3v) is 6.89. The van der Waals surface area contributed by atoms with Gasteiger partial charge in [-0.25, -0.2) is 4.98 Å². The Hall–Kier alpha value is -2.25. The fourth-order valence-corrected chi connectivity index (χ4v) is 4.80. The van der Waals surface area contributed by atoms with Crippen molar-refractivity contribution in [2.75, 3.05) is 24.5 Å². The second-order valence-electron chi connectivity index (χ2n) is 8.78. The fraction of sp³-hybridized carbons (Fsp3) is 0.560. The topological polar surface area (TPSA) is 65.5 Å². The molecule has 7 heteroatoms. The van der Waals surface area contributed by atoms with Crippen molar-refractivity contribution in [3.05, 3.63) is 45.9 Å². The average molecular weight is 457 g/mol. The molecule has 2 aromatic rings. The molecule has 0 atom stereocenters. The van der Waals surface area contributed by atoms with Crippen molar-refractivity contribution in [3.8, 4) is 0 Å². The monoisotopic (exact) mass is 456 g/mol. The molecule has 174 valence electrons. The predicted molar refractivity (Wildman–Crippen MR) is 131 cm³/mol. The molecule has 6 nitrogen and oxygen atoms in total. The van der Waals surface area contributed by atoms with Crippen LogP contribution in [0.5, 0.6) is 0 Å². The number of fused-ring (bicyclic) bond motifs is 1. The molecular weight excluding hydrogens is 420 g/mol. The van der Waals surface area contributed by atoms with Gasteiger partial charge >= 0.3 is 0 Å². The number of carbonyl (C=O) groups is 2. The van der Waals surface area contributed by atoms with Crippen LogP contribution in [0, 0.1) is 0 Å². The molecule has 0 spiro atoms. The van der Waals surface area contributed by atoms with Gasteiger partial charge in [0.2, 0.25) is 5.91 Å². The zero-order valence-corrected chi connectivity index (χ0v) is 20.4. The predicted octanol–water partition coefficient (Wildman–Crippen LogP) is 4.64. The number of nitrogens with one attached hydrogen (secondary N) is 1. The van der Waals surface area contributed by atoms with Crippen LogP contribution in [0.3, 0.4) is 0 Å². The standard InChI is InChI=1S/C25H36N4O2S/c1-19(2)28-14-7-5-4-6-8-15-29(20(3)30)23-10-9-21(17-22(23)18-28)25(31)27-12-11-24-26-13-16-32-24/h9-10,13,16-17,19H,4-8,11-12,14-15,18H2,1-3H3,(H,27,31). The number of anilines is 1. The van der Waals surface area contributed by atoms with Crippen LogP contribution in [0.15, 0.2) is 29.8 Å². The zero-order valence-electron chi connectivity index (χ0n) is 19.6. The Balaban J connectivity index is 1.83. The van der Waals surface area contributed by atoms with Crippen LogP contribution >= 0.6 is 11.3 Å². The van der Waals surface area contributed by atoms with Gasteiger partial charge in [-0.1, -0.05) is 19.3 Å². The number of thiazole rings is 1. The van der Waals surface area contributed by atoms with E-state index >= 15 is 0 Å². The molecule has 1 aromatic carbocycles. The van der Waals surface area contributed by atoms with Gasteiger partial charge in [0, 0.05) is 61.8 Å². The lowest BCUT2D eigenvalue weighted by Gasteiger charge is -2.31. The van der Waals surface area contributed by atoms with Crippen LogP contribution in [-0.2, 0) is 17.8 Å². The maximum absolute atomic E-state index is 12.8. The van der Waals surface area contributed by atoms with Crippen molar-refractivity contribution in [1.29, 1.82) is 0 Å². The van der Waals surface area contributed by atoms with Crippen LogP contribution < -0.4 is 10.2 Å². The minimum absolute atomic E-state index is 0.0556. The fourth-order valence-electron chi connectivity index (χ4n) is 4.18. The van der Waals surface area contributed by atoms with Gasteiger partial charge < -0.3 is 10.2 Å². The van der Waals surface area contributed by atoms with Gasteiger partial charge in [-0.3, -0.25) is 14.5 Å². The number of nitrogens with zero attached hydrogens (tertiary/aromatic N) is 3. The van der Waals surface area contributed by atoms with E-state index in [1.54, 1.807) is 24.5 Å². The van der Waals surface area contributed by atoms with Crippen LogP contribution in [0.1, 0.15) is 73.8 Å². The van der Waals surface area contributed by atoms with Gasteiger partial charge in [0.05, 0.1) is 5.01 Å². The van der Waals surface area contributed by atoms with Gasteiger partial charge in [-0.15, -0.1) is 11.3 Å². The van der Waals surface area contributed by atoms with Gasteiger partial charge in [-0.05, 0) is 57.0 Å². The molecule has 0 unspecified atom stereocenters. The molecule has 0 aliphatic carbocycles. The Morgan fingerprint density at radius 1 is 1.12 bits per heavy atom. The Morgan fingerprint density at radius 3 is 2.56 bits per heavy atom. The number of benzene rings is 1. The number of hydrogen-bond donors (Lipinski definition) is 1. The summed E-state index contributed by atoms with van der Waals surface area (Å²) in [7, 11) is 0. The molecule has 0 saturated heterocycles. The number of carbonyl (C=O) groups excluding carboxylic acids is 2. The molecule has 1 aliphatic rings. The molecule has 0 bridgehead atoms. The second kappa shape index (κ2) is 12.1. The maximum Gasteiger partial charge on any atom is 0.251 e. The summed E-state index contributed by atoms with van der Waals surface area (Å²) in [6, 6.07) is 6.17. The lowest BCUT2D eigenvalue weighted by Crippen LogP contribution is -2.35. The normalized spacial score (nSPS) is 16.2. The van der Waals surface area contributed by atoms with E-state index in [9.17, 15) is 9.59 Å². The molecule has 32 heavy (non-hydrogen) atoms. The van der Waals surface area contributed by atoms with Crippen LogP contribution in [0.4, 0.5) is 5.69 Å². The Labute approximate surface area is 196 Å². The summed E-state index contributed by atoms with van der Waals surface area (Å²) < 4.78 is 0. The first-order valence-electron chi connectivity index (χ1n) is 11.8. The highest BCUT2D eigenvalue weighted by atomic mass is 32.1. The van der Waals surface area contributed by atoms with E-state index in [0.717, 1.165) is 55.2 Å². The molecule has 2 heterocycles. The molecule has 1 N–H and O–H groups in total. The van der Waals surface area contributed by atoms with Crippen molar-refractivity contribution >= 4 is 28.8 Å². The van der Waals surface area contributed by atoms with Crippen molar-refractivity contribution in [2.24, 2.45) is 0 Å². The van der Waals surface area contributed by atoms with E-state index in [0.29, 0.717) is 18.2 Å². The van der Waals surface area contributed by atoms with Gasteiger partial charge in [0.1, 0.15) is 0 Å². The van der Waals surface area contributed by atoms with E-state index in [-0.39, 0.29) is 11.8 Å². The number of rotatable bonds is 5. The summed E-state index contributed by atoms with van der Waals surface area (Å²) in [4.78, 5) is 33.9. The van der Waals surface area contributed by atoms with E-state index in [1.807, 2.05) is 28.5 Å². The minimum atomic E-state index is -0.0825. The summed E-state index contributed by atoms with van der Waals surface area (Å²) >= 11 is 1.60. The largest absolute Gasteiger partial charge is 0.352 e. The first-order valence-corrected chi connectivity index (χ1v) is 12.7. The lowest BCUT2D eigenvalue weighted by molar-refractivity contribution is -0.116. The highest BCUT2D eigenvalue weighted by Gasteiger charge is 2.21. The van der Waals surface area contributed by atoms with Gasteiger partial charge in [0.25, 0.3) is 5.91 Å². The third-order valence-electron chi connectivity index (χ3n) is 6.05. The first-order chi connectivity index (χ1) is 15.5. The van der Waals surface area contributed by atoms with Crippen molar-refractivity contribution in [2.45, 2.75) is 71.9 Å². The average Bonchev–Trinajstić information content (AvgIpc) is 3.27. The molecule has 1 aliphatic heterocycles. The molecule has 0 radical (unpaired) electrons. The smallest absolute Gasteiger partial charge is 0.251 e. The Morgan fingerprint density at radius 2 is 1.88 bits per heavy atom. The molecule has 0 saturated carbocycles. The first kappa shape index (κ1) is 24.4.